The van der Waals surface area contributed by atoms with Crippen LogP contribution in [0.2, 0.25) is 5.02 Å². The van der Waals surface area contributed by atoms with Crippen LogP contribution in [-0.4, -0.2) is 4.92 Å². The molecule has 4 nitrogen and oxygen atoms in total. The van der Waals surface area contributed by atoms with Crippen molar-refractivity contribution in [3.8, 4) is 11.5 Å². The lowest BCUT2D eigenvalue weighted by atomic mass is 10.2. The molecule has 0 aromatic heterocycles. The van der Waals surface area contributed by atoms with Crippen LogP contribution in [0.3, 0.4) is 0 Å². The molecule has 0 aliphatic heterocycles. The van der Waals surface area contributed by atoms with Crippen LogP contribution in [0, 0.1) is 15.9 Å². The zero-order chi connectivity index (χ0) is 14.7. The van der Waals surface area contributed by atoms with Gasteiger partial charge in [-0.2, -0.15) is 4.39 Å². The second-order valence-electron chi connectivity index (χ2n) is 3.86. The van der Waals surface area contributed by atoms with Gasteiger partial charge in [0.25, 0.3) is 0 Å². The van der Waals surface area contributed by atoms with Crippen molar-refractivity contribution >= 4 is 28.9 Å². The number of nitro groups is 1. The Morgan fingerprint density at radius 3 is 2.40 bits per heavy atom. The molecule has 0 bridgehead atoms. The molecule has 0 unspecified atom stereocenters. The molecule has 0 N–H and O–H groups in total. The maximum atomic E-state index is 13.4. The number of ether oxygens (including phenoxy) is 1. The largest absolute Gasteiger partial charge is 0.457 e. The van der Waals surface area contributed by atoms with E-state index in [4.69, 9.17) is 27.9 Å². The van der Waals surface area contributed by atoms with Crippen LogP contribution in [0.1, 0.15) is 5.56 Å². The highest BCUT2D eigenvalue weighted by Crippen LogP contribution is 2.29. The first-order valence-electron chi connectivity index (χ1n) is 5.47. The van der Waals surface area contributed by atoms with Gasteiger partial charge in [0.15, 0.2) is 0 Å². The summed E-state index contributed by atoms with van der Waals surface area (Å²) in [6, 6.07) is 8.15. The standard InChI is InChI=1S/C13H8Cl2FNO3/c14-7-8-1-2-9(5-11(8)15)20-10-3-4-13(17(18)19)12(16)6-10/h1-6H,7H2. The second-order valence-corrected chi connectivity index (χ2v) is 4.53. The molecule has 0 atom stereocenters. The summed E-state index contributed by atoms with van der Waals surface area (Å²) >= 11 is 11.6. The number of benzene rings is 2. The van der Waals surface area contributed by atoms with E-state index in [0.29, 0.717) is 10.8 Å². The topological polar surface area (TPSA) is 52.4 Å². The van der Waals surface area contributed by atoms with Gasteiger partial charge in [-0.3, -0.25) is 10.1 Å². The number of nitrogens with zero attached hydrogens (tertiary/aromatic N) is 1. The first-order valence-corrected chi connectivity index (χ1v) is 6.38. The minimum absolute atomic E-state index is 0.141. The van der Waals surface area contributed by atoms with Crippen molar-refractivity contribution in [2.45, 2.75) is 5.88 Å². The van der Waals surface area contributed by atoms with E-state index in [1.165, 1.54) is 6.07 Å². The van der Waals surface area contributed by atoms with Gasteiger partial charge in [0.05, 0.1) is 4.92 Å². The number of hydrogen-bond acceptors (Lipinski definition) is 3. The number of hydrogen-bond donors (Lipinski definition) is 0. The summed E-state index contributed by atoms with van der Waals surface area (Å²) in [5.41, 5.74) is 0.142. The molecule has 7 heteroatoms. The molecule has 104 valence electrons. The molecule has 0 radical (unpaired) electrons. The van der Waals surface area contributed by atoms with Gasteiger partial charge in [0.2, 0.25) is 5.82 Å². The third-order valence-corrected chi connectivity index (χ3v) is 3.16. The Bertz CT molecular complexity index is 664. The van der Waals surface area contributed by atoms with Crippen LogP contribution >= 0.6 is 23.2 Å². The van der Waals surface area contributed by atoms with Gasteiger partial charge >= 0.3 is 5.69 Å². The Kier molecular flexibility index (Phi) is 4.42. The summed E-state index contributed by atoms with van der Waals surface area (Å²) in [5, 5.41) is 10.9. The number of rotatable bonds is 4. The molecule has 20 heavy (non-hydrogen) atoms. The lowest BCUT2D eigenvalue weighted by Crippen LogP contribution is -1.93. The van der Waals surface area contributed by atoms with E-state index in [1.807, 2.05) is 0 Å². The van der Waals surface area contributed by atoms with Crippen LogP contribution in [0.4, 0.5) is 10.1 Å². The molecule has 0 fully saturated rings. The summed E-state index contributed by atoms with van der Waals surface area (Å²) in [5.74, 6) is -0.165. The van der Waals surface area contributed by atoms with Crippen LogP contribution < -0.4 is 4.74 Å². The Hall–Kier alpha value is -1.85. The summed E-state index contributed by atoms with van der Waals surface area (Å²) in [6.07, 6.45) is 0. The molecular weight excluding hydrogens is 308 g/mol. The predicted octanol–water partition coefficient (Wildman–Crippen LogP) is 4.92. The van der Waals surface area contributed by atoms with Crippen LogP contribution in [0.15, 0.2) is 36.4 Å². The highest BCUT2D eigenvalue weighted by atomic mass is 35.5. The number of nitro benzene ring substituents is 1. The molecule has 2 rings (SSSR count). The Morgan fingerprint density at radius 2 is 1.85 bits per heavy atom. The fourth-order valence-electron chi connectivity index (χ4n) is 1.54. The van der Waals surface area contributed by atoms with Gasteiger partial charge in [0, 0.05) is 23.0 Å². The fraction of sp³-hybridized carbons (Fsp3) is 0.0769. The van der Waals surface area contributed by atoms with Gasteiger partial charge < -0.3 is 4.74 Å². The van der Waals surface area contributed by atoms with Crippen molar-refractivity contribution in [1.82, 2.24) is 0 Å². The lowest BCUT2D eigenvalue weighted by molar-refractivity contribution is -0.387. The van der Waals surface area contributed by atoms with Crippen LogP contribution in [0.5, 0.6) is 11.5 Å². The van der Waals surface area contributed by atoms with Gasteiger partial charge in [-0.15, -0.1) is 11.6 Å². The molecule has 0 heterocycles. The Labute approximate surface area is 123 Å². The second kappa shape index (κ2) is 6.07. The molecule has 0 saturated carbocycles. The lowest BCUT2D eigenvalue weighted by Gasteiger charge is -2.07. The molecular formula is C13H8Cl2FNO3. The maximum absolute atomic E-state index is 13.4. The summed E-state index contributed by atoms with van der Waals surface area (Å²) in [7, 11) is 0. The van der Waals surface area contributed by atoms with Crippen molar-refractivity contribution in [2.75, 3.05) is 0 Å². The van der Waals surface area contributed by atoms with Crippen LogP contribution in [-0.2, 0) is 5.88 Å². The number of halogens is 3. The summed E-state index contributed by atoms with van der Waals surface area (Å²) < 4.78 is 18.8. The SMILES string of the molecule is O=[N+]([O-])c1ccc(Oc2ccc(CCl)c(Cl)c2)cc1F. The fourth-order valence-corrected chi connectivity index (χ4v) is 2.07. The van der Waals surface area contributed by atoms with E-state index in [9.17, 15) is 14.5 Å². The molecule has 0 aliphatic rings. The average molecular weight is 316 g/mol. The van der Waals surface area contributed by atoms with Gasteiger partial charge in [0.1, 0.15) is 11.5 Å². The molecule has 0 amide bonds. The molecule has 0 aliphatic carbocycles. The first kappa shape index (κ1) is 14.6. The minimum atomic E-state index is -0.962. The smallest absolute Gasteiger partial charge is 0.305 e. The monoisotopic (exact) mass is 315 g/mol. The predicted molar refractivity (Wildman–Crippen MR) is 74.1 cm³/mol. The summed E-state index contributed by atoms with van der Waals surface area (Å²) in [4.78, 5) is 9.70. The summed E-state index contributed by atoms with van der Waals surface area (Å²) in [6.45, 7) is 0. The van der Waals surface area contributed by atoms with Crippen LogP contribution in [0.25, 0.3) is 0 Å². The molecule has 2 aromatic carbocycles. The number of alkyl halides is 1. The maximum Gasteiger partial charge on any atom is 0.305 e. The van der Waals surface area contributed by atoms with E-state index < -0.39 is 16.4 Å². The Balaban J connectivity index is 2.24. The third kappa shape index (κ3) is 3.18. The van der Waals surface area contributed by atoms with Crippen molar-refractivity contribution < 1.29 is 14.1 Å². The first-order chi connectivity index (χ1) is 9.51. The minimum Gasteiger partial charge on any atom is -0.457 e. The van der Waals surface area contributed by atoms with E-state index in [2.05, 4.69) is 0 Å². The van der Waals surface area contributed by atoms with E-state index in [1.54, 1.807) is 18.2 Å². The van der Waals surface area contributed by atoms with Gasteiger partial charge in [-0.05, 0) is 23.8 Å². The van der Waals surface area contributed by atoms with Gasteiger partial charge in [-0.1, -0.05) is 17.7 Å². The molecule has 0 saturated heterocycles. The van der Waals surface area contributed by atoms with Crippen molar-refractivity contribution in [3.63, 3.8) is 0 Å². The third-order valence-electron chi connectivity index (χ3n) is 2.52. The highest BCUT2D eigenvalue weighted by molar-refractivity contribution is 6.32. The van der Waals surface area contributed by atoms with E-state index in [-0.39, 0.29) is 11.6 Å². The van der Waals surface area contributed by atoms with E-state index in [0.717, 1.165) is 17.7 Å². The van der Waals surface area contributed by atoms with Crippen molar-refractivity contribution in [3.05, 3.63) is 62.9 Å². The highest BCUT2D eigenvalue weighted by Gasteiger charge is 2.14. The van der Waals surface area contributed by atoms with E-state index >= 15 is 0 Å². The average Bonchev–Trinajstić information content (AvgIpc) is 2.38. The van der Waals surface area contributed by atoms with Crippen molar-refractivity contribution in [2.24, 2.45) is 0 Å². The zero-order valence-electron chi connectivity index (χ0n) is 9.98. The van der Waals surface area contributed by atoms with Gasteiger partial charge in [-0.25, -0.2) is 0 Å². The molecule has 0 spiro atoms. The molecule has 2 aromatic rings. The zero-order valence-corrected chi connectivity index (χ0v) is 11.5. The quantitative estimate of drug-likeness (QED) is 0.457. The normalized spacial score (nSPS) is 10.3. The van der Waals surface area contributed by atoms with Crippen molar-refractivity contribution in [1.29, 1.82) is 0 Å². The Morgan fingerprint density at radius 1 is 1.20 bits per heavy atom.